The van der Waals surface area contributed by atoms with E-state index in [2.05, 4.69) is 45.9 Å². The van der Waals surface area contributed by atoms with Gasteiger partial charge in [-0.1, -0.05) is 61.2 Å². The Bertz CT molecular complexity index is 1120. The van der Waals surface area contributed by atoms with Crippen LogP contribution in [0.1, 0.15) is 67.6 Å². The third kappa shape index (κ3) is 4.47. The van der Waals surface area contributed by atoms with Crippen molar-refractivity contribution < 1.29 is 20.2 Å². The molecule has 0 unspecified atom stereocenters. The molecule has 2 saturated heterocycles. The van der Waals surface area contributed by atoms with Gasteiger partial charge in [0.15, 0.2) is 0 Å². The molecule has 6 rings (SSSR count). The van der Waals surface area contributed by atoms with Crippen molar-refractivity contribution in [3.8, 4) is 5.75 Å². The predicted molar refractivity (Wildman–Crippen MR) is 146 cm³/mol. The number of benzene rings is 2. The molecule has 2 aromatic rings. The molecule has 1 saturated carbocycles. The van der Waals surface area contributed by atoms with Gasteiger partial charge >= 0.3 is 0 Å². The summed E-state index contributed by atoms with van der Waals surface area (Å²) in [4.78, 5) is 17.0. The highest BCUT2D eigenvalue weighted by molar-refractivity contribution is 6.31. The van der Waals surface area contributed by atoms with E-state index in [-0.39, 0.29) is 11.3 Å². The highest BCUT2D eigenvalue weighted by atomic mass is 35.5. The molecule has 0 aromatic heterocycles. The number of hydrogen-bond donors (Lipinski definition) is 2. The fraction of sp³-hybridized carbons (Fsp3) is 0.581. The molecule has 4 N–H and O–H groups in total. The fourth-order valence-electron chi connectivity index (χ4n) is 8.29. The van der Waals surface area contributed by atoms with Crippen LogP contribution in [-0.2, 0) is 16.8 Å². The van der Waals surface area contributed by atoms with E-state index in [1.165, 1.54) is 48.8 Å². The monoisotopic (exact) mass is 523 g/mol. The number of ether oxygens (including phenoxy) is 1. The minimum absolute atomic E-state index is 0.0493. The molecule has 3 fully saturated rings. The number of carbonyl (C=O) groups is 1. The molecule has 6 heteroatoms. The van der Waals surface area contributed by atoms with E-state index in [9.17, 15) is 4.79 Å². The van der Waals surface area contributed by atoms with Gasteiger partial charge in [0.25, 0.3) is 0 Å². The van der Waals surface area contributed by atoms with E-state index in [1.807, 2.05) is 12.1 Å². The average molecular weight is 524 g/mol. The summed E-state index contributed by atoms with van der Waals surface area (Å²) in [5.74, 6) is 2.39. The van der Waals surface area contributed by atoms with Crippen LogP contribution in [0.4, 0.5) is 0 Å². The molecule has 4 atom stereocenters. The Labute approximate surface area is 226 Å². The number of fused-ring (bicyclic) bond motifs is 2. The Morgan fingerprint density at radius 3 is 2.59 bits per heavy atom. The van der Waals surface area contributed by atoms with Crippen LogP contribution in [0.3, 0.4) is 0 Å². The van der Waals surface area contributed by atoms with Crippen molar-refractivity contribution in [1.82, 2.24) is 4.90 Å². The molecule has 37 heavy (non-hydrogen) atoms. The Balaban J connectivity index is 1.33. The Hall–Kier alpha value is -2.08. The summed E-state index contributed by atoms with van der Waals surface area (Å²) in [5, 5.41) is 5.51. The largest absolute Gasteiger partial charge is 0.496 e. The normalized spacial score (nSPS) is 30.3. The van der Waals surface area contributed by atoms with E-state index in [1.54, 1.807) is 7.11 Å². The topological polar surface area (TPSA) is 62.8 Å². The minimum Gasteiger partial charge on any atom is -0.496 e. The molecule has 0 radical (unpaired) electrons. The SMILES string of the molecule is COc1ccc(Cl)c2c1C[NH2+]C[C@]21C[NH2+]C[C@H]1C(=O)N1CC[C@@H](c2ccccc2)C[C@H]1C1CCCCC1. The van der Waals surface area contributed by atoms with Gasteiger partial charge < -0.3 is 20.3 Å². The van der Waals surface area contributed by atoms with Gasteiger partial charge in [-0.3, -0.25) is 4.79 Å². The first kappa shape index (κ1) is 25.2. The van der Waals surface area contributed by atoms with Gasteiger partial charge in [0.2, 0.25) is 5.91 Å². The van der Waals surface area contributed by atoms with Crippen LogP contribution in [-0.4, -0.2) is 50.1 Å². The highest BCUT2D eigenvalue weighted by Crippen LogP contribution is 2.46. The van der Waals surface area contributed by atoms with Gasteiger partial charge in [-0.05, 0) is 55.2 Å². The zero-order chi connectivity index (χ0) is 25.4. The van der Waals surface area contributed by atoms with E-state index in [0.29, 0.717) is 23.8 Å². The maximum absolute atomic E-state index is 14.7. The number of halogens is 1. The van der Waals surface area contributed by atoms with Crippen LogP contribution in [0, 0.1) is 11.8 Å². The number of carbonyl (C=O) groups excluding carboxylic acids is 1. The van der Waals surface area contributed by atoms with Crippen LogP contribution in [0.2, 0.25) is 5.02 Å². The molecule has 3 heterocycles. The lowest BCUT2D eigenvalue weighted by atomic mass is 9.67. The molecular formula is C31H42ClN3O2+2. The van der Waals surface area contributed by atoms with Crippen molar-refractivity contribution in [3.05, 3.63) is 64.2 Å². The zero-order valence-corrected chi connectivity index (χ0v) is 22.9. The second kappa shape index (κ2) is 10.6. The summed E-state index contributed by atoms with van der Waals surface area (Å²) in [6.45, 7) is 4.39. The van der Waals surface area contributed by atoms with E-state index < -0.39 is 0 Å². The number of piperidine rings is 1. The Morgan fingerprint density at radius 2 is 1.81 bits per heavy atom. The van der Waals surface area contributed by atoms with Gasteiger partial charge in [0.1, 0.15) is 23.6 Å². The number of hydrogen-bond acceptors (Lipinski definition) is 2. The third-order valence-electron chi connectivity index (χ3n) is 10.1. The number of methoxy groups -OCH3 is 1. The molecule has 1 spiro atoms. The van der Waals surface area contributed by atoms with Crippen molar-refractivity contribution >= 4 is 17.5 Å². The van der Waals surface area contributed by atoms with Crippen LogP contribution < -0.4 is 15.4 Å². The van der Waals surface area contributed by atoms with Gasteiger partial charge in [-0.15, -0.1) is 0 Å². The predicted octanol–water partition coefficient (Wildman–Crippen LogP) is 3.21. The standard InChI is InChI=1S/C31H40ClN3O2/c1-37-28-13-12-26(32)29-24(28)17-33-19-31(29)20-34-18-25(31)30(36)35-15-14-23(21-8-4-2-5-9-21)16-27(35)22-10-6-3-7-11-22/h2,4-5,8-9,12-13,22-23,25,27,33-34H,3,6-7,10-11,14-20H2,1H3/p+2/t23-,25+,27+,31-/m1/s1. The van der Waals surface area contributed by atoms with Crippen molar-refractivity contribution in [2.75, 3.05) is 33.3 Å². The minimum atomic E-state index is -0.246. The fourth-order valence-corrected chi connectivity index (χ4v) is 8.65. The highest BCUT2D eigenvalue weighted by Gasteiger charge is 2.58. The number of likely N-dealkylation sites (tertiary alicyclic amines) is 1. The molecule has 2 aromatic carbocycles. The lowest BCUT2D eigenvalue weighted by Gasteiger charge is -2.47. The van der Waals surface area contributed by atoms with E-state index in [4.69, 9.17) is 16.3 Å². The van der Waals surface area contributed by atoms with Gasteiger partial charge in [0.05, 0.1) is 32.3 Å². The molecule has 3 aliphatic heterocycles. The third-order valence-corrected chi connectivity index (χ3v) is 10.4. The van der Waals surface area contributed by atoms with Crippen molar-refractivity contribution in [2.45, 2.75) is 68.9 Å². The van der Waals surface area contributed by atoms with Crippen molar-refractivity contribution in [1.29, 1.82) is 0 Å². The second-order valence-corrected chi connectivity index (χ2v) is 12.3. The summed E-state index contributed by atoms with van der Waals surface area (Å²) in [5.41, 5.74) is 3.55. The van der Waals surface area contributed by atoms with Crippen molar-refractivity contribution in [3.63, 3.8) is 0 Å². The molecule has 5 nitrogen and oxygen atoms in total. The second-order valence-electron chi connectivity index (χ2n) is 11.9. The van der Waals surface area contributed by atoms with Crippen LogP contribution in [0.25, 0.3) is 0 Å². The smallest absolute Gasteiger partial charge is 0.233 e. The molecule has 198 valence electrons. The number of quaternary nitrogens is 2. The van der Waals surface area contributed by atoms with Crippen LogP contribution >= 0.6 is 11.6 Å². The first-order chi connectivity index (χ1) is 18.1. The van der Waals surface area contributed by atoms with Gasteiger partial charge in [-0.25, -0.2) is 0 Å². The Morgan fingerprint density at radius 1 is 1.03 bits per heavy atom. The molecule has 1 amide bonds. The summed E-state index contributed by atoms with van der Waals surface area (Å²) in [7, 11) is 1.74. The number of rotatable bonds is 4. The quantitative estimate of drug-likeness (QED) is 0.646. The summed E-state index contributed by atoms with van der Waals surface area (Å²) in [6, 6.07) is 15.3. The summed E-state index contributed by atoms with van der Waals surface area (Å²) < 4.78 is 5.75. The number of nitrogens with two attached hydrogens (primary N) is 2. The first-order valence-electron chi connectivity index (χ1n) is 14.5. The van der Waals surface area contributed by atoms with Gasteiger partial charge in [-0.2, -0.15) is 0 Å². The first-order valence-corrected chi connectivity index (χ1v) is 14.8. The summed E-state index contributed by atoms with van der Waals surface area (Å²) in [6.07, 6.45) is 8.62. The van der Waals surface area contributed by atoms with Crippen LogP contribution in [0.15, 0.2) is 42.5 Å². The number of nitrogens with zero attached hydrogens (tertiary/aromatic N) is 1. The number of amides is 1. The van der Waals surface area contributed by atoms with E-state index >= 15 is 0 Å². The summed E-state index contributed by atoms with van der Waals surface area (Å²) >= 11 is 6.93. The molecular weight excluding hydrogens is 482 g/mol. The van der Waals surface area contributed by atoms with Crippen LogP contribution in [0.5, 0.6) is 5.75 Å². The maximum Gasteiger partial charge on any atom is 0.233 e. The molecule has 1 aliphatic carbocycles. The molecule has 4 aliphatic rings. The van der Waals surface area contributed by atoms with Crippen molar-refractivity contribution in [2.24, 2.45) is 11.8 Å². The lowest BCUT2D eigenvalue weighted by molar-refractivity contribution is -0.691. The maximum atomic E-state index is 14.7. The van der Waals surface area contributed by atoms with E-state index in [0.717, 1.165) is 56.3 Å². The zero-order valence-electron chi connectivity index (χ0n) is 22.1. The lowest BCUT2D eigenvalue weighted by Crippen LogP contribution is -2.91. The average Bonchev–Trinajstić information content (AvgIpc) is 3.37. The Kier molecular flexibility index (Phi) is 7.22. The van der Waals surface area contributed by atoms with Gasteiger partial charge in [0, 0.05) is 23.2 Å². The molecule has 0 bridgehead atoms.